The first kappa shape index (κ1) is 21.0. The number of pyridine rings is 1. The van der Waals surface area contributed by atoms with Crippen molar-refractivity contribution in [2.24, 2.45) is 0 Å². The van der Waals surface area contributed by atoms with Gasteiger partial charge in [0, 0.05) is 32.7 Å². The number of ether oxygens (including phenoxy) is 1. The van der Waals surface area contributed by atoms with Crippen molar-refractivity contribution in [2.75, 3.05) is 6.61 Å². The molecule has 0 amide bonds. The summed E-state index contributed by atoms with van der Waals surface area (Å²) in [7, 11) is 0. The van der Waals surface area contributed by atoms with Crippen LogP contribution in [0.4, 0.5) is 0 Å². The van der Waals surface area contributed by atoms with Crippen LogP contribution in [0.15, 0.2) is 66.4 Å². The van der Waals surface area contributed by atoms with Crippen LogP contribution in [0, 0.1) is 6.07 Å². The van der Waals surface area contributed by atoms with Gasteiger partial charge in [0.05, 0.1) is 6.61 Å². The minimum Gasteiger partial charge on any atom is -0.359 e. The molecule has 1 fully saturated rings. The molecule has 1 unspecified atom stereocenters. The van der Waals surface area contributed by atoms with Crippen molar-refractivity contribution in [1.29, 1.82) is 0 Å². The van der Waals surface area contributed by atoms with E-state index in [1.165, 1.54) is 11.1 Å². The molecule has 1 aromatic carbocycles. The molecule has 3 rings (SSSR count). The van der Waals surface area contributed by atoms with Gasteiger partial charge in [-0.05, 0) is 30.5 Å². The Bertz CT molecular complexity index is 742. The number of epoxide rings is 1. The second-order valence-electron chi connectivity index (χ2n) is 5.11. The largest absolute Gasteiger partial charge is 0.359 e. The number of benzene rings is 1. The number of hydrogen-bond donors (Lipinski definition) is 0. The van der Waals surface area contributed by atoms with Crippen molar-refractivity contribution < 1.29 is 37.4 Å². The first-order chi connectivity index (χ1) is 11.3. The summed E-state index contributed by atoms with van der Waals surface area (Å²) >= 11 is 0. The molecule has 2 heterocycles. The van der Waals surface area contributed by atoms with Crippen LogP contribution >= 0.6 is 0 Å². The van der Waals surface area contributed by atoms with E-state index >= 15 is 0 Å². The third kappa shape index (κ3) is 4.50. The number of nitrogens with zero attached hydrogens (tertiary/aromatic N) is 1. The molecule has 24 heavy (non-hydrogen) atoms. The molecule has 1 aliphatic rings. The summed E-state index contributed by atoms with van der Waals surface area (Å²) in [6.07, 6.45) is 12.1. The molecule has 1 aliphatic heterocycles. The number of allylic oxidation sites excluding steroid dienone is 4. The van der Waals surface area contributed by atoms with Crippen LogP contribution in [0.5, 0.6) is 0 Å². The smallest absolute Gasteiger partial charge is 0.140 e. The summed E-state index contributed by atoms with van der Waals surface area (Å²) < 4.78 is 5.86. The van der Waals surface area contributed by atoms with Gasteiger partial charge in [-0.1, -0.05) is 62.6 Å². The van der Waals surface area contributed by atoms with Gasteiger partial charge >= 0.3 is 0 Å². The van der Waals surface area contributed by atoms with E-state index in [1.54, 1.807) is 6.20 Å². The van der Waals surface area contributed by atoms with Crippen LogP contribution in [0.1, 0.15) is 33.3 Å². The monoisotopic (exact) mass is 395 g/mol. The van der Waals surface area contributed by atoms with E-state index in [9.17, 15) is 0 Å². The van der Waals surface area contributed by atoms with Gasteiger partial charge in [-0.15, -0.1) is 11.5 Å². The van der Waals surface area contributed by atoms with Crippen LogP contribution in [0.2, 0.25) is 0 Å². The van der Waals surface area contributed by atoms with Gasteiger partial charge in [-0.2, -0.15) is 0 Å². The zero-order valence-corrected chi connectivity index (χ0v) is 17.8. The van der Waals surface area contributed by atoms with Crippen LogP contribution < -0.4 is 0 Å². The summed E-state index contributed by atoms with van der Waals surface area (Å²) in [5.41, 5.74) is 3.02. The van der Waals surface area contributed by atoms with Crippen molar-refractivity contribution in [1.82, 2.24) is 4.98 Å². The van der Waals surface area contributed by atoms with Crippen molar-refractivity contribution in [3.8, 4) is 0 Å². The van der Waals surface area contributed by atoms with Gasteiger partial charge in [0.15, 0.2) is 0 Å². The molecular formula is C21H24NOY-. The fourth-order valence-electron chi connectivity index (χ4n) is 2.55. The van der Waals surface area contributed by atoms with Crippen molar-refractivity contribution in [3.63, 3.8) is 0 Å². The first-order valence-electron chi connectivity index (χ1n) is 8.16. The summed E-state index contributed by atoms with van der Waals surface area (Å²) in [6.45, 7) is 8.76. The Morgan fingerprint density at radius 1 is 1.25 bits per heavy atom. The van der Waals surface area contributed by atoms with Gasteiger partial charge in [0.25, 0.3) is 0 Å². The number of rotatable bonds is 4. The molecule has 1 saturated heterocycles. The molecule has 0 saturated carbocycles. The standard InChI is InChI=1S/C19H18NO.C2H6.Y/c1-3-5-9-16(7-4-2)19(14-21-19)17-10-11-18-15(13-17)8-6-12-20-18;1-2;/h3-5,7-13H,14H2,1-2H3;1-2H3;/q-1;;/b5-3-,7-4+,16-9+;;. The summed E-state index contributed by atoms with van der Waals surface area (Å²) in [4.78, 5) is 4.32. The average Bonchev–Trinajstić information content (AvgIpc) is 3.42. The van der Waals surface area contributed by atoms with E-state index in [-0.39, 0.29) is 38.3 Å². The summed E-state index contributed by atoms with van der Waals surface area (Å²) in [6, 6.07) is 11.3. The Morgan fingerprint density at radius 2 is 2.00 bits per heavy atom. The van der Waals surface area contributed by atoms with Crippen LogP contribution in [-0.4, -0.2) is 11.6 Å². The van der Waals surface area contributed by atoms with Crippen LogP contribution in [0.25, 0.3) is 10.9 Å². The van der Waals surface area contributed by atoms with E-state index in [4.69, 9.17) is 4.74 Å². The quantitative estimate of drug-likeness (QED) is 0.396. The van der Waals surface area contributed by atoms with E-state index < -0.39 is 0 Å². The third-order valence-electron chi connectivity index (χ3n) is 3.72. The normalized spacial score (nSPS) is 19.9. The van der Waals surface area contributed by atoms with Gasteiger partial charge in [0.1, 0.15) is 5.60 Å². The SMILES string of the molecule is CC.C\C=C/C=C(\C=C\C)C1(c2ccc3nc[c-]cc3c2)CO1.[Y]. The molecule has 1 radical (unpaired) electrons. The predicted octanol–water partition coefficient (Wildman–Crippen LogP) is 5.36. The van der Waals surface area contributed by atoms with Crippen molar-refractivity contribution in [2.45, 2.75) is 33.3 Å². The maximum atomic E-state index is 5.86. The summed E-state index contributed by atoms with van der Waals surface area (Å²) in [5, 5.41) is 1.09. The molecule has 1 atom stereocenters. The Balaban J connectivity index is 0.000000925. The fraction of sp³-hybridized carbons (Fsp3) is 0.286. The second-order valence-corrected chi connectivity index (χ2v) is 5.11. The topological polar surface area (TPSA) is 25.4 Å². The number of hydrogen-bond acceptors (Lipinski definition) is 2. The molecule has 0 spiro atoms. The summed E-state index contributed by atoms with van der Waals surface area (Å²) in [5.74, 6) is 0. The third-order valence-corrected chi connectivity index (χ3v) is 3.72. The molecule has 0 N–H and O–H groups in total. The van der Waals surface area contributed by atoms with E-state index in [0.717, 1.165) is 17.5 Å². The predicted molar refractivity (Wildman–Crippen MR) is 97.3 cm³/mol. The minimum atomic E-state index is -0.309. The molecule has 0 aliphatic carbocycles. The Hall–Kier alpha value is -1.09. The van der Waals surface area contributed by atoms with E-state index in [2.05, 4.69) is 47.5 Å². The van der Waals surface area contributed by atoms with Gasteiger partial charge < -0.3 is 4.74 Å². The average molecular weight is 395 g/mol. The Kier molecular flexibility index (Phi) is 8.76. The van der Waals surface area contributed by atoms with Gasteiger partial charge in [0.2, 0.25) is 0 Å². The molecule has 0 bridgehead atoms. The van der Waals surface area contributed by atoms with Crippen molar-refractivity contribution in [3.05, 3.63) is 78.0 Å². The first-order valence-corrected chi connectivity index (χ1v) is 8.16. The fourth-order valence-corrected chi connectivity index (χ4v) is 2.55. The number of fused-ring (bicyclic) bond motifs is 1. The van der Waals surface area contributed by atoms with E-state index in [0.29, 0.717) is 0 Å². The molecule has 2 nitrogen and oxygen atoms in total. The van der Waals surface area contributed by atoms with Crippen LogP contribution in [0.3, 0.4) is 0 Å². The van der Waals surface area contributed by atoms with Gasteiger partial charge in [-0.25, -0.2) is 12.1 Å². The van der Waals surface area contributed by atoms with Crippen molar-refractivity contribution >= 4 is 10.9 Å². The van der Waals surface area contributed by atoms with Gasteiger partial charge in [-0.3, -0.25) is 4.98 Å². The second kappa shape index (κ2) is 10.0. The zero-order valence-electron chi connectivity index (χ0n) is 14.9. The Labute approximate surface area is 170 Å². The maximum Gasteiger partial charge on any atom is 0.140 e. The maximum absolute atomic E-state index is 5.86. The molecule has 123 valence electrons. The molecule has 1 aromatic heterocycles. The molecule has 3 heteroatoms. The Morgan fingerprint density at radius 3 is 2.62 bits per heavy atom. The number of aromatic nitrogens is 1. The van der Waals surface area contributed by atoms with E-state index in [1.807, 2.05) is 45.9 Å². The molecule has 2 aromatic rings. The van der Waals surface area contributed by atoms with Crippen LogP contribution in [-0.2, 0) is 43.0 Å². The molecular weight excluding hydrogens is 371 g/mol. The minimum absolute atomic E-state index is 0. The zero-order chi connectivity index (χ0) is 16.7.